The van der Waals surface area contributed by atoms with Crippen molar-refractivity contribution in [3.8, 4) is 0 Å². The van der Waals surface area contributed by atoms with Crippen LogP contribution >= 0.6 is 22.9 Å². The number of rotatable bonds is 2. The lowest BCUT2D eigenvalue weighted by molar-refractivity contribution is 0.0840. The lowest BCUT2D eigenvalue weighted by Gasteiger charge is -2.20. The number of hydrogen-bond donors (Lipinski definition) is 1. The zero-order valence-corrected chi connectivity index (χ0v) is 9.54. The van der Waals surface area contributed by atoms with Gasteiger partial charge in [0.25, 0.3) is 0 Å². The van der Waals surface area contributed by atoms with Crippen LogP contribution in [0.1, 0.15) is 23.7 Å². The Hall–Kier alpha value is -0.380. The van der Waals surface area contributed by atoms with Crippen LogP contribution in [0.3, 0.4) is 0 Å². The fraction of sp³-hybridized carbons (Fsp3) is 0.500. The quantitative estimate of drug-likeness (QED) is 0.790. The van der Waals surface area contributed by atoms with Gasteiger partial charge in [0.1, 0.15) is 4.34 Å². The standard InChI is InChI=1S/C10H12ClNOS/c1-10(3-4-12-6-10)8(13)7-2-5-14-9(7)11/h2,5,12H,3-4,6H2,1H3. The van der Waals surface area contributed by atoms with Crippen LogP contribution in [0.5, 0.6) is 0 Å². The van der Waals surface area contributed by atoms with Crippen LogP contribution in [0.15, 0.2) is 11.4 Å². The minimum atomic E-state index is -0.259. The summed E-state index contributed by atoms with van der Waals surface area (Å²) in [6.07, 6.45) is 0.901. The normalized spacial score (nSPS) is 26.7. The molecule has 2 nitrogen and oxygen atoms in total. The summed E-state index contributed by atoms with van der Waals surface area (Å²) in [4.78, 5) is 12.1. The van der Waals surface area contributed by atoms with Gasteiger partial charge in [0.2, 0.25) is 0 Å². The number of carbonyl (C=O) groups excluding carboxylic acids is 1. The second kappa shape index (κ2) is 3.65. The Kier molecular flexibility index (Phi) is 2.64. The Balaban J connectivity index is 2.28. The number of thiophene rings is 1. The molecule has 0 bridgehead atoms. The fourth-order valence-electron chi connectivity index (χ4n) is 1.79. The molecule has 2 rings (SSSR count). The van der Waals surface area contributed by atoms with Crippen molar-refractivity contribution in [2.75, 3.05) is 13.1 Å². The van der Waals surface area contributed by atoms with Crippen molar-refractivity contribution in [1.29, 1.82) is 0 Å². The predicted octanol–water partition coefficient (Wildman–Crippen LogP) is 2.58. The van der Waals surface area contributed by atoms with Gasteiger partial charge in [-0.1, -0.05) is 18.5 Å². The molecule has 4 heteroatoms. The van der Waals surface area contributed by atoms with E-state index >= 15 is 0 Å². The summed E-state index contributed by atoms with van der Waals surface area (Å²) >= 11 is 7.37. The van der Waals surface area contributed by atoms with Gasteiger partial charge in [0.15, 0.2) is 5.78 Å². The number of carbonyl (C=O) groups is 1. The van der Waals surface area contributed by atoms with Crippen LogP contribution in [-0.4, -0.2) is 18.9 Å². The molecular weight excluding hydrogens is 218 g/mol. The molecular formula is C10H12ClNOS. The van der Waals surface area contributed by atoms with Gasteiger partial charge in [-0.3, -0.25) is 4.79 Å². The molecule has 0 radical (unpaired) electrons. The van der Waals surface area contributed by atoms with Gasteiger partial charge in [-0.05, 0) is 24.4 Å². The van der Waals surface area contributed by atoms with Crippen molar-refractivity contribution in [3.05, 3.63) is 21.3 Å². The first-order chi connectivity index (χ1) is 6.63. The highest BCUT2D eigenvalue weighted by Gasteiger charge is 2.37. The maximum atomic E-state index is 12.1. The predicted molar refractivity (Wildman–Crippen MR) is 59.3 cm³/mol. The molecule has 1 unspecified atom stereocenters. The van der Waals surface area contributed by atoms with Gasteiger partial charge in [-0.25, -0.2) is 0 Å². The molecule has 2 heterocycles. The molecule has 0 aliphatic carbocycles. The van der Waals surface area contributed by atoms with E-state index in [2.05, 4.69) is 5.32 Å². The van der Waals surface area contributed by atoms with E-state index in [1.54, 1.807) is 0 Å². The third-order valence-electron chi connectivity index (χ3n) is 2.78. The summed E-state index contributed by atoms with van der Waals surface area (Å²) in [5.41, 5.74) is 0.424. The fourth-order valence-corrected chi connectivity index (χ4v) is 2.71. The van der Waals surface area contributed by atoms with Crippen molar-refractivity contribution in [3.63, 3.8) is 0 Å². The van der Waals surface area contributed by atoms with Crippen molar-refractivity contribution < 1.29 is 4.79 Å². The Bertz CT molecular complexity index is 355. The van der Waals surface area contributed by atoms with Crippen molar-refractivity contribution in [1.82, 2.24) is 5.32 Å². The Morgan fingerprint density at radius 1 is 1.71 bits per heavy atom. The van der Waals surface area contributed by atoms with E-state index in [1.165, 1.54) is 11.3 Å². The van der Waals surface area contributed by atoms with Crippen LogP contribution in [0, 0.1) is 5.41 Å². The van der Waals surface area contributed by atoms with Crippen LogP contribution < -0.4 is 5.32 Å². The lowest BCUT2D eigenvalue weighted by atomic mass is 9.82. The molecule has 14 heavy (non-hydrogen) atoms. The maximum absolute atomic E-state index is 12.1. The molecule has 1 aliphatic rings. The second-order valence-electron chi connectivity index (χ2n) is 3.92. The third-order valence-corrected chi connectivity index (χ3v) is 3.95. The summed E-state index contributed by atoms with van der Waals surface area (Å²) in [6.45, 7) is 3.69. The highest BCUT2D eigenvalue weighted by Crippen LogP contribution is 2.33. The first-order valence-corrected chi connectivity index (χ1v) is 5.88. The minimum Gasteiger partial charge on any atom is -0.316 e. The Morgan fingerprint density at radius 2 is 2.50 bits per heavy atom. The van der Waals surface area contributed by atoms with Crippen LogP contribution in [0.2, 0.25) is 4.34 Å². The molecule has 1 aromatic heterocycles. The molecule has 0 aromatic carbocycles. The molecule has 1 atom stereocenters. The van der Waals surface area contributed by atoms with E-state index in [4.69, 9.17) is 11.6 Å². The van der Waals surface area contributed by atoms with Crippen LogP contribution in [-0.2, 0) is 0 Å². The molecule has 0 amide bonds. The SMILES string of the molecule is CC1(C(=O)c2ccsc2Cl)CCNC1. The van der Waals surface area contributed by atoms with Gasteiger partial charge < -0.3 is 5.32 Å². The van der Waals surface area contributed by atoms with Gasteiger partial charge in [0.05, 0.1) is 0 Å². The van der Waals surface area contributed by atoms with E-state index in [0.29, 0.717) is 9.90 Å². The van der Waals surface area contributed by atoms with E-state index in [-0.39, 0.29) is 11.2 Å². The zero-order valence-electron chi connectivity index (χ0n) is 7.97. The average molecular weight is 230 g/mol. The summed E-state index contributed by atoms with van der Waals surface area (Å²) in [5, 5.41) is 5.08. The van der Waals surface area contributed by atoms with Gasteiger partial charge in [-0.2, -0.15) is 0 Å². The van der Waals surface area contributed by atoms with Crippen molar-refractivity contribution >= 4 is 28.7 Å². The number of Topliss-reactive ketones (excluding diaryl/α,β-unsaturated/α-hetero) is 1. The lowest BCUT2D eigenvalue weighted by Crippen LogP contribution is -2.30. The number of halogens is 1. The molecule has 1 N–H and O–H groups in total. The van der Waals surface area contributed by atoms with Crippen LogP contribution in [0.4, 0.5) is 0 Å². The zero-order chi connectivity index (χ0) is 10.2. The molecule has 0 saturated carbocycles. The van der Waals surface area contributed by atoms with Crippen LogP contribution in [0.25, 0.3) is 0 Å². The summed E-state index contributed by atoms with van der Waals surface area (Å²) in [7, 11) is 0. The average Bonchev–Trinajstić information content (AvgIpc) is 2.74. The summed E-state index contributed by atoms with van der Waals surface area (Å²) in [6, 6.07) is 1.82. The van der Waals surface area contributed by atoms with Gasteiger partial charge in [-0.15, -0.1) is 11.3 Å². The van der Waals surface area contributed by atoms with Crippen molar-refractivity contribution in [2.24, 2.45) is 5.41 Å². The summed E-state index contributed by atoms with van der Waals surface area (Å²) in [5.74, 6) is 0.175. The van der Waals surface area contributed by atoms with E-state index in [1.807, 2.05) is 18.4 Å². The molecule has 76 valence electrons. The largest absolute Gasteiger partial charge is 0.316 e. The topological polar surface area (TPSA) is 29.1 Å². The second-order valence-corrected chi connectivity index (χ2v) is 5.44. The number of ketones is 1. The molecule has 0 spiro atoms. The Morgan fingerprint density at radius 3 is 3.00 bits per heavy atom. The highest BCUT2D eigenvalue weighted by atomic mass is 35.5. The van der Waals surface area contributed by atoms with E-state index in [9.17, 15) is 4.79 Å². The van der Waals surface area contributed by atoms with Gasteiger partial charge in [0, 0.05) is 17.5 Å². The third kappa shape index (κ3) is 1.60. The van der Waals surface area contributed by atoms with Crippen molar-refractivity contribution in [2.45, 2.75) is 13.3 Å². The summed E-state index contributed by atoms with van der Waals surface area (Å²) < 4.78 is 0.614. The molecule has 1 fully saturated rings. The Labute approximate surface area is 92.3 Å². The number of nitrogens with one attached hydrogen (secondary N) is 1. The van der Waals surface area contributed by atoms with E-state index in [0.717, 1.165) is 19.5 Å². The van der Waals surface area contributed by atoms with Gasteiger partial charge >= 0.3 is 0 Å². The molecule has 1 aliphatic heterocycles. The minimum absolute atomic E-state index is 0.175. The van der Waals surface area contributed by atoms with E-state index < -0.39 is 0 Å². The molecule has 1 saturated heterocycles. The number of hydrogen-bond acceptors (Lipinski definition) is 3. The first kappa shape index (κ1) is 10.1. The highest BCUT2D eigenvalue weighted by molar-refractivity contribution is 7.14. The molecule has 1 aromatic rings. The smallest absolute Gasteiger partial charge is 0.172 e. The monoisotopic (exact) mass is 229 g/mol. The first-order valence-electron chi connectivity index (χ1n) is 4.62. The maximum Gasteiger partial charge on any atom is 0.172 e.